The minimum atomic E-state index is -0.312. The number of aliphatic hydroxyl groups excluding tert-OH is 1. The third-order valence-corrected chi connectivity index (χ3v) is 7.77. The van der Waals surface area contributed by atoms with E-state index in [0.29, 0.717) is 24.1 Å². The Morgan fingerprint density at radius 1 is 1.16 bits per heavy atom. The van der Waals surface area contributed by atoms with Crippen molar-refractivity contribution in [3.63, 3.8) is 0 Å². The van der Waals surface area contributed by atoms with Gasteiger partial charge in [-0.3, -0.25) is 9.69 Å². The molecule has 1 aromatic carbocycles. The summed E-state index contributed by atoms with van der Waals surface area (Å²) in [6.45, 7) is 2.34. The fourth-order valence-corrected chi connectivity index (χ4v) is 6.02. The van der Waals surface area contributed by atoms with Crippen LogP contribution < -0.4 is 0 Å². The van der Waals surface area contributed by atoms with Crippen LogP contribution in [0.1, 0.15) is 59.4 Å². The van der Waals surface area contributed by atoms with E-state index in [9.17, 15) is 9.90 Å². The van der Waals surface area contributed by atoms with Crippen LogP contribution in [0.2, 0.25) is 0 Å². The van der Waals surface area contributed by atoms with Gasteiger partial charge in [0.1, 0.15) is 0 Å². The molecule has 2 saturated heterocycles. The lowest BCUT2D eigenvalue weighted by Gasteiger charge is -2.31. The summed E-state index contributed by atoms with van der Waals surface area (Å²) in [4.78, 5) is 15.6. The van der Waals surface area contributed by atoms with Gasteiger partial charge in [0.2, 0.25) is 0 Å². The van der Waals surface area contributed by atoms with E-state index >= 15 is 0 Å². The summed E-state index contributed by atoms with van der Waals surface area (Å²) in [5, 5.41) is 28.5. The molecule has 2 aliphatic heterocycles. The van der Waals surface area contributed by atoms with E-state index in [0.717, 1.165) is 61.2 Å². The van der Waals surface area contributed by atoms with E-state index in [1.165, 1.54) is 0 Å². The smallest absolute Gasteiger partial charge is 0.178 e. The highest BCUT2D eigenvalue weighted by molar-refractivity contribution is 5.99. The van der Waals surface area contributed by atoms with Crippen molar-refractivity contribution in [1.29, 1.82) is 10.5 Å². The number of aliphatic hydroxyl groups is 1. The van der Waals surface area contributed by atoms with Crippen LogP contribution in [0.25, 0.3) is 5.69 Å². The molecule has 6 heteroatoms. The summed E-state index contributed by atoms with van der Waals surface area (Å²) in [7, 11) is 0. The molecular weight excluding hydrogens is 400 g/mol. The number of rotatable bonds is 6. The van der Waals surface area contributed by atoms with Crippen molar-refractivity contribution >= 4 is 5.78 Å². The molecule has 1 N–H and O–H groups in total. The molecule has 2 aromatic rings. The summed E-state index contributed by atoms with van der Waals surface area (Å²) in [6, 6.07) is 14.4. The molecule has 0 unspecified atom stereocenters. The maximum Gasteiger partial charge on any atom is 0.178 e. The Bertz CT molecular complexity index is 1110. The maximum absolute atomic E-state index is 13.4. The third kappa shape index (κ3) is 3.54. The van der Waals surface area contributed by atoms with Crippen LogP contribution in [0.15, 0.2) is 30.3 Å². The zero-order valence-electron chi connectivity index (χ0n) is 18.4. The van der Waals surface area contributed by atoms with Crippen molar-refractivity contribution in [2.75, 3.05) is 6.54 Å². The van der Waals surface area contributed by atoms with Crippen LogP contribution in [0, 0.1) is 41.4 Å². The van der Waals surface area contributed by atoms with E-state index in [2.05, 4.69) is 21.6 Å². The summed E-state index contributed by atoms with van der Waals surface area (Å²) in [5.74, 6) is 0.710. The zero-order valence-corrected chi connectivity index (χ0v) is 18.4. The van der Waals surface area contributed by atoms with Crippen molar-refractivity contribution in [2.24, 2.45) is 11.8 Å². The molecule has 1 aromatic heterocycles. The first-order valence-corrected chi connectivity index (χ1v) is 11.6. The first kappa shape index (κ1) is 20.9. The minimum Gasteiger partial charge on any atom is -0.391 e. The van der Waals surface area contributed by atoms with Gasteiger partial charge in [0.25, 0.3) is 0 Å². The number of carbonyl (C=O) groups excluding carboxylic acids is 1. The minimum absolute atomic E-state index is 0.102. The van der Waals surface area contributed by atoms with Gasteiger partial charge in [-0.25, -0.2) is 0 Å². The van der Waals surface area contributed by atoms with Crippen molar-refractivity contribution in [3.8, 4) is 17.8 Å². The Morgan fingerprint density at radius 3 is 2.50 bits per heavy atom. The lowest BCUT2D eigenvalue weighted by Crippen LogP contribution is -2.36. The number of Topliss-reactive ketones (excluding diaryl/α,β-unsaturated/α-hetero) is 1. The van der Waals surface area contributed by atoms with Crippen molar-refractivity contribution in [2.45, 2.75) is 63.6 Å². The number of ketones is 1. The van der Waals surface area contributed by atoms with Gasteiger partial charge in [-0.15, -0.1) is 0 Å². The van der Waals surface area contributed by atoms with Gasteiger partial charge in [-0.2, -0.15) is 10.5 Å². The molecule has 3 aliphatic rings. The average molecular weight is 429 g/mol. The SMILES string of the molecule is Cc1c(C(=O)CN2[C@@H]3CC[C@@H]2[C@H](O)C3)cc(CC2CC(C#N)C2)n1-c1ccc(C#N)cc1. The second-order valence-corrected chi connectivity index (χ2v) is 9.69. The summed E-state index contributed by atoms with van der Waals surface area (Å²) >= 11 is 0. The van der Waals surface area contributed by atoms with Gasteiger partial charge in [0.05, 0.1) is 30.4 Å². The zero-order chi connectivity index (χ0) is 22.4. The van der Waals surface area contributed by atoms with Crippen LogP contribution in [0.3, 0.4) is 0 Å². The van der Waals surface area contributed by atoms with Gasteiger partial charge in [-0.05, 0) is 81.7 Å². The predicted octanol–water partition coefficient (Wildman–Crippen LogP) is 3.53. The molecule has 0 amide bonds. The highest BCUT2D eigenvalue weighted by Gasteiger charge is 2.46. The topological polar surface area (TPSA) is 93.1 Å². The number of carbonyl (C=O) groups is 1. The van der Waals surface area contributed by atoms with Gasteiger partial charge < -0.3 is 9.67 Å². The second kappa shape index (κ2) is 8.20. The third-order valence-electron chi connectivity index (χ3n) is 7.77. The Morgan fingerprint density at radius 2 is 1.91 bits per heavy atom. The number of aromatic nitrogens is 1. The number of nitriles is 2. The molecule has 6 nitrogen and oxygen atoms in total. The molecular formula is C26H28N4O2. The molecule has 5 rings (SSSR count). The van der Waals surface area contributed by atoms with Crippen LogP contribution in [0.4, 0.5) is 0 Å². The van der Waals surface area contributed by atoms with E-state index in [-0.39, 0.29) is 23.8 Å². The molecule has 3 heterocycles. The fourth-order valence-electron chi connectivity index (χ4n) is 6.02. The normalized spacial score (nSPS) is 28.8. The van der Waals surface area contributed by atoms with Gasteiger partial charge in [0.15, 0.2) is 5.78 Å². The lowest BCUT2D eigenvalue weighted by molar-refractivity contribution is 0.0873. The molecule has 0 spiro atoms. The van der Waals surface area contributed by atoms with E-state index in [1.54, 1.807) is 12.1 Å². The Hall–Kier alpha value is -2.93. The van der Waals surface area contributed by atoms with Crippen molar-refractivity contribution in [3.05, 3.63) is 52.8 Å². The quantitative estimate of drug-likeness (QED) is 0.711. The average Bonchev–Trinajstić information content (AvgIpc) is 3.40. The Balaban J connectivity index is 1.44. The highest BCUT2D eigenvalue weighted by atomic mass is 16.3. The largest absolute Gasteiger partial charge is 0.391 e. The first-order valence-electron chi connectivity index (χ1n) is 11.6. The number of hydrogen-bond donors (Lipinski definition) is 1. The Labute approximate surface area is 188 Å². The molecule has 3 fully saturated rings. The predicted molar refractivity (Wildman–Crippen MR) is 119 cm³/mol. The monoisotopic (exact) mass is 428 g/mol. The lowest BCUT2D eigenvalue weighted by atomic mass is 9.73. The molecule has 0 radical (unpaired) electrons. The number of benzene rings is 1. The standard InChI is InChI=1S/C26H28N4O2/c1-16-23(26(32)15-29-21-6-7-24(29)25(31)12-21)11-22(10-18-8-19(9-18)14-28)30(16)20-4-2-17(13-27)3-5-20/h2-5,11,18-19,21,24-25,31H,6-10,12,15H2,1H3/t18?,19?,21-,24-,25-/m1/s1. The van der Waals surface area contributed by atoms with Gasteiger partial charge in [-0.1, -0.05) is 0 Å². The Kier molecular flexibility index (Phi) is 5.37. The number of hydrogen-bond acceptors (Lipinski definition) is 5. The molecule has 2 bridgehead atoms. The molecule has 1 saturated carbocycles. The van der Waals surface area contributed by atoms with Crippen LogP contribution in [0.5, 0.6) is 0 Å². The van der Waals surface area contributed by atoms with Crippen LogP contribution in [-0.4, -0.2) is 45.1 Å². The van der Waals surface area contributed by atoms with Crippen molar-refractivity contribution in [1.82, 2.24) is 9.47 Å². The summed E-state index contributed by atoms with van der Waals surface area (Å²) in [5.41, 5.74) is 4.29. The van der Waals surface area contributed by atoms with Gasteiger partial charge in [0, 0.05) is 40.6 Å². The summed E-state index contributed by atoms with van der Waals surface area (Å²) in [6.07, 6.45) is 5.15. The first-order chi connectivity index (χ1) is 15.5. The second-order valence-electron chi connectivity index (χ2n) is 9.69. The molecule has 164 valence electrons. The maximum atomic E-state index is 13.4. The highest BCUT2D eigenvalue weighted by Crippen LogP contribution is 2.39. The van der Waals surface area contributed by atoms with Crippen molar-refractivity contribution < 1.29 is 9.90 Å². The number of fused-ring (bicyclic) bond motifs is 2. The van der Waals surface area contributed by atoms with Crippen LogP contribution in [-0.2, 0) is 6.42 Å². The number of nitrogens with zero attached hydrogens (tertiary/aromatic N) is 4. The molecule has 3 atom stereocenters. The summed E-state index contributed by atoms with van der Waals surface area (Å²) < 4.78 is 2.14. The molecule has 32 heavy (non-hydrogen) atoms. The van der Waals surface area contributed by atoms with Crippen LogP contribution >= 0.6 is 0 Å². The molecule has 1 aliphatic carbocycles. The van der Waals surface area contributed by atoms with E-state index in [4.69, 9.17) is 10.5 Å². The van der Waals surface area contributed by atoms with E-state index in [1.807, 2.05) is 25.1 Å². The fraction of sp³-hybridized carbons (Fsp3) is 0.500. The van der Waals surface area contributed by atoms with E-state index < -0.39 is 0 Å². The van der Waals surface area contributed by atoms with Gasteiger partial charge >= 0.3 is 0 Å².